The number of hydrogen-bond donors (Lipinski definition) is 1. The van der Waals surface area contributed by atoms with E-state index in [-0.39, 0.29) is 5.91 Å². The first-order chi connectivity index (χ1) is 7.25. The van der Waals surface area contributed by atoms with Crippen molar-refractivity contribution in [2.24, 2.45) is 5.73 Å². The molecule has 1 amide bonds. The maximum atomic E-state index is 10.9. The summed E-state index contributed by atoms with van der Waals surface area (Å²) in [6, 6.07) is 9.46. The average Bonchev–Trinajstić information content (AvgIpc) is 2.68. The number of nitrogens with zero attached hydrogens (tertiary/aromatic N) is 1. The molecule has 0 aliphatic carbocycles. The Hall–Kier alpha value is -1.68. The van der Waals surface area contributed by atoms with E-state index in [9.17, 15) is 4.79 Å². The summed E-state index contributed by atoms with van der Waals surface area (Å²) in [5.74, 6) is -0.368. The quantitative estimate of drug-likeness (QED) is 0.854. The fourth-order valence-corrected chi connectivity index (χ4v) is 2.16. The normalized spacial score (nSPS) is 10.1. The van der Waals surface area contributed by atoms with Crippen molar-refractivity contribution in [1.82, 2.24) is 4.98 Å². The van der Waals surface area contributed by atoms with Crippen LogP contribution in [-0.4, -0.2) is 10.9 Å². The van der Waals surface area contributed by atoms with E-state index in [1.54, 1.807) is 12.3 Å². The molecule has 0 saturated carbocycles. The van der Waals surface area contributed by atoms with E-state index < -0.39 is 0 Å². The first-order valence-electron chi connectivity index (χ1n) is 4.54. The van der Waals surface area contributed by atoms with Crippen molar-refractivity contribution >= 4 is 17.2 Å². The van der Waals surface area contributed by atoms with Gasteiger partial charge in [0.25, 0.3) is 5.91 Å². The van der Waals surface area contributed by atoms with Gasteiger partial charge in [-0.2, -0.15) is 0 Å². The SMILES string of the molecule is NC(=O)c1ccc(Cc2ccccn2)s1. The van der Waals surface area contributed by atoms with E-state index in [1.807, 2.05) is 24.3 Å². The molecule has 4 heteroatoms. The van der Waals surface area contributed by atoms with E-state index >= 15 is 0 Å². The van der Waals surface area contributed by atoms with E-state index in [4.69, 9.17) is 5.73 Å². The van der Waals surface area contributed by atoms with Gasteiger partial charge in [-0.3, -0.25) is 9.78 Å². The molecule has 76 valence electrons. The van der Waals surface area contributed by atoms with Crippen LogP contribution in [0.3, 0.4) is 0 Å². The molecule has 0 saturated heterocycles. The standard InChI is InChI=1S/C11H10N2OS/c12-11(14)10-5-4-9(15-10)7-8-3-1-2-6-13-8/h1-6H,7H2,(H2,12,14). The molecule has 0 atom stereocenters. The number of amides is 1. The summed E-state index contributed by atoms with van der Waals surface area (Å²) in [7, 11) is 0. The summed E-state index contributed by atoms with van der Waals surface area (Å²) in [5, 5.41) is 0. The van der Waals surface area contributed by atoms with Crippen LogP contribution in [0.5, 0.6) is 0 Å². The molecule has 3 nitrogen and oxygen atoms in total. The van der Waals surface area contributed by atoms with Crippen LogP contribution in [0.4, 0.5) is 0 Å². The topological polar surface area (TPSA) is 56.0 Å². The molecule has 2 aromatic rings. The van der Waals surface area contributed by atoms with Gasteiger partial charge in [0.1, 0.15) is 0 Å². The van der Waals surface area contributed by atoms with Crippen molar-refractivity contribution in [1.29, 1.82) is 0 Å². The molecule has 0 aromatic carbocycles. The van der Waals surface area contributed by atoms with Crippen LogP contribution in [0.15, 0.2) is 36.5 Å². The number of primary amides is 1. The lowest BCUT2D eigenvalue weighted by Crippen LogP contribution is -2.08. The molecule has 2 aromatic heterocycles. The largest absolute Gasteiger partial charge is 0.365 e. The van der Waals surface area contributed by atoms with Crippen LogP contribution >= 0.6 is 11.3 Å². The van der Waals surface area contributed by atoms with Gasteiger partial charge in [-0.05, 0) is 24.3 Å². The highest BCUT2D eigenvalue weighted by Gasteiger charge is 2.05. The summed E-state index contributed by atoms with van der Waals surface area (Å²) in [4.78, 5) is 16.8. The van der Waals surface area contributed by atoms with Crippen molar-refractivity contribution in [3.05, 3.63) is 52.0 Å². The highest BCUT2D eigenvalue weighted by atomic mass is 32.1. The van der Waals surface area contributed by atoms with Crippen molar-refractivity contribution < 1.29 is 4.79 Å². The van der Waals surface area contributed by atoms with Crippen molar-refractivity contribution in [2.45, 2.75) is 6.42 Å². The van der Waals surface area contributed by atoms with E-state index in [0.717, 1.165) is 17.0 Å². The lowest BCUT2D eigenvalue weighted by atomic mass is 10.2. The maximum absolute atomic E-state index is 10.9. The molecule has 0 spiro atoms. The van der Waals surface area contributed by atoms with Gasteiger partial charge in [-0.1, -0.05) is 6.07 Å². The zero-order chi connectivity index (χ0) is 10.7. The second-order valence-electron chi connectivity index (χ2n) is 3.13. The monoisotopic (exact) mass is 218 g/mol. The van der Waals surface area contributed by atoms with Gasteiger partial charge in [0.15, 0.2) is 0 Å². The molecule has 2 N–H and O–H groups in total. The van der Waals surface area contributed by atoms with Crippen molar-refractivity contribution in [2.75, 3.05) is 0 Å². The molecule has 0 radical (unpaired) electrons. The van der Waals surface area contributed by atoms with Crippen LogP contribution in [0.2, 0.25) is 0 Å². The second-order valence-corrected chi connectivity index (χ2v) is 4.30. The molecule has 2 heterocycles. The third kappa shape index (κ3) is 2.41. The summed E-state index contributed by atoms with van der Waals surface area (Å²) < 4.78 is 0. The van der Waals surface area contributed by atoms with Gasteiger partial charge in [-0.25, -0.2) is 0 Å². The number of hydrogen-bond acceptors (Lipinski definition) is 3. The molecular weight excluding hydrogens is 208 g/mol. The molecular formula is C11H10N2OS. The number of nitrogens with two attached hydrogens (primary N) is 1. The third-order valence-corrected chi connectivity index (χ3v) is 3.09. The van der Waals surface area contributed by atoms with Gasteiger partial charge in [0.05, 0.1) is 4.88 Å². The predicted molar refractivity (Wildman–Crippen MR) is 59.9 cm³/mol. The third-order valence-electron chi connectivity index (χ3n) is 1.99. The fraction of sp³-hybridized carbons (Fsp3) is 0.0909. The fourth-order valence-electron chi connectivity index (χ4n) is 1.29. The number of pyridine rings is 1. The molecule has 0 fully saturated rings. The molecule has 2 rings (SSSR count). The summed E-state index contributed by atoms with van der Waals surface area (Å²) in [5.41, 5.74) is 6.17. The smallest absolute Gasteiger partial charge is 0.258 e. The Morgan fingerprint density at radius 2 is 2.20 bits per heavy atom. The molecule has 15 heavy (non-hydrogen) atoms. The van der Waals surface area contributed by atoms with Crippen LogP contribution in [-0.2, 0) is 6.42 Å². The number of rotatable bonds is 3. The summed E-state index contributed by atoms with van der Waals surface area (Å²) in [6.07, 6.45) is 2.51. The Balaban J connectivity index is 2.15. The first-order valence-corrected chi connectivity index (χ1v) is 5.36. The minimum absolute atomic E-state index is 0.368. The van der Waals surface area contributed by atoms with Gasteiger partial charge < -0.3 is 5.73 Å². The zero-order valence-corrected chi connectivity index (χ0v) is 8.83. The molecule has 0 aliphatic rings. The van der Waals surface area contributed by atoms with Crippen LogP contribution in [0.1, 0.15) is 20.2 Å². The van der Waals surface area contributed by atoms with Crippen molar-refractivity contribution in [3.63, 3.8) is 0 Å². The Bertz CT molecular complexity index is 464. The lowest BCUT2D eigenvalue weighted by molar-refractivity contribution is 0.100. The Morgan fingerprint density at radius 1 is 1.33 bits per heavy atom. The zero-order valence-electron chi connectivity index (χ0n) is 8.01. The second kappa shape index (κ2) is 4.23. The van der Waals surface area contributed by atoms with Crippen LogP contribution in [0, 0.1) is 0 Å². The van der Waals surface area contributed by atoms with E-state index in [2.05, 4.69) is 4.98 Å². The van der Waals surface area contributed by atoms with Crippen LogP contribution < -0.4 is 5.73 Å². The predicted octanol–water partition coefficient (Wildman–Crippen LogP) is 1.83. The highest BCUT2D eigenvalue weighted by molar-refractivity contribution is 7.14. The number of carbonyl (C=O) groups excluding carboxylic acids is 1. The van der Waals surface area contributed by atoms with Gasteiger partial charge >= 0.3 is 0 Å². The van der Waals surface area contributed by atoms with Crippen molar-refractivity contribution in [3.8, 4) is 0 Å². The van der Waals surface area contributed by atoms with E-state index in [0.29, 0.717) is 4.88 Å². The number of thiophene rings is 1. The minimum atomic E-state index is -0.368. The first kappa shape index (κ1) is 9.86. The maximum Gasteiger partial charge on any atom is 0.258 e. The summed E-state index contributed by atoms with van der Waals surface area (Å²) in [6.45, 7) is 0. The lowest BCUT2D eigenvalue weighted by Gasteiger charge is -1.95. The number of aromatic nitrogens is 1. The Kier molecular flexibility index (Phi) is 2.78. The Labute approximate surface area is 91.6 Å². The number of carbonyl (C=O) groups is 1. The molecule has 0 bridgehead atoms. The summed E-state index contributed by atoms with van der Waals surface area (Å²) >= 11 is 1.42. The van der Waals surface area contributed by atoms with Crippen LogP contribution in [0.25, 0.3) is 0 Å². The van der Waals surface area contributed by atoms with E-state index in [1.165, 1.54) is 11.3 Å². The molecule has 0 unspecified atom stereocenters. The van der Waals surface area contributed by atoms with Gasteiger partial charge in [-0.15, -0.1) is 11.3 Å². The average molecular weight is 218 g/mol. The minimum Gasteiger partial charge on any atom is -0.365 e. The highest BCUT2D eigenvalue weighted by Crippen LogP contribution is 2.18. The van der Waals surface area contributed by atoms with Gasteiger partial charge in [0, 0.05) is 23.2 Å². The Morgan fingerprint density at radius 3 is 2.80 bits per heavy atom. The van der Waals surface area contributed by atoms with Gasteiger partial charge in [0.2, 0.25) is 0 Å². The molecule has 0 aliphatic heterocycles.